The maximum Gasteiger partial charge on any atom is 0.261 e. The molecular weight excluding hydrogens is 358 g/mol. The summed E-state index contributed by atoms with van der Waals surface area (Å²) in [5.41, 5.74) is 1.99. The van der Waals surface area contributed by atoms with Crippen LogP contribution < -0.4 is 10.6 Å². The number of nitrogens with one attached hydrogen (secondary N) is 2. The van der Waals surface area contributed by atoms with Crippen LogP contribution in [0.1, 0.15) is 48.3 Å². The maximum absolute atomic E-state index is 12.3. The summed E-state index contributed by atoms with van der Waals surface area (Å²) in [6.07, 6.45) is 3.86. The predicted octanol–water partition coefficient (Wildman–Crippen LogP) is 3.88. The summed E-state index contributed by atoms with van der Waals surface area (Å²) in [6.45, 7) is 6.08. The molecule has 0 aliphatic carbocycles. The highest BCUT2D eigenvalue weighted by Gasteiger charge is 2.19. The third kappa shape index (κ3) is 5.40. The lowest BCUT2D eigenvalue weighted by atomic mass is 10.0. The Morgan fingerprint density at radius 2 is 2.00 bits per heavy atom. The van der Waals surface area contributed by atoms with Crippen molar-refractivity contribution in [3.63, 3.8) is 0 Å². The van der Waals surface area contributed by atoms with Gasteiger partial charge in [-0.25, -0.2) is 0 Å². The summed E-state index contributed by atoms with van der Waals surface area (Å²) in [5.74, 6) is -0.448. The second-order valence-corrected chi connectivity index (χ2v) is 8.12. The van der Waals surface area contributed by atoms with E-state index in [0.717, 1.165) is 18.8 Å². The number of carbonyl (C=O) groups excluding carboxylic acids is 2. The van der Waals surface area contributed by atoms with Crippen molar-refractivity contribution < 1.29 is 9.59 Å². The van der Waals surface area contributed by atoms with Gasteiger partial charge >= 0.3 is 0 Å². The number of hydrogen-bond donors (Lipinski definition) is 2. The molecule has 0 radical (unpaired) electrons. The fourth-order valence-corrected chi connectivity index (χ4v) is 3.94. The van der Waals surface area contributed by atoms with E-state index < -0.39 is 6.04 Å². The van der Waals surface area contributed by atoms with Gasteiger partial charge in [0.25, 0.3) is 5.91 Å². The Morgan fingerprint density at radius 3 is 2.67 bits per heavy atom. The molecule has 0 saturated carbocycles. The number of nitrogens with zero attached hydrogens (tertiary/aromatic N) is 1. The van der Waals surface area contributed by atoms with Gasteiger partial charge in [0.1, 0.15) is 6.04 Å². The van der Waals surface area contributed by atoms with Gasteiger partial charge in [-0.3, -0.25) is 14.5 Å². The SMILES string of the molecule is C[C@@H]1CCCCN1Cc1ccc(NC(=O)[C@@H](C)NC(=O)c2cccs2)cc1. The van der Waals surface area contributed by atoms with E-state index in [-0.39, 0.29) is 11.8 Å². The number of likely N-dealkylation sites (tertiary alicyclic amines) is 1. The van der Waals surface area contributed by atoms with Crippen molar-refractivity contribution in [1.29, 1.82) is 0 Å². The summed E-state index contributed by atoms with van der Waals surface area (Å²) in [7, 11) is 0. The zero-order chi connectivity index (χ0) is 19.2. The van der Waals surface area contributed by atoms with Crippen LogP contribution in [0.3, 0.4) is 0 Å². The van der Waals surface area contributed by atoms with Crippen molar-refractivity contribution in [3.8, 4) is 0 Å². The van der Waals surface area contributed by atoms with Crippen LogP contribution >= 0.6 is 11.3 Å². The molecule has 1 aromatic heterocycles. The third-order valence-electron chi connectivity index (χ3n) is 5.03. The van der Waals surface area contributed by atoms with Gasteiger partial charge in [-0.05, 0) is 62.4 Å². The van der Waals surface area contributed by atoms with Crippen molar-refractivity contribution in [3.05, 3.63) is 52.2 Å². The Balaban J connectivity index is 1.51. The molecule has 5 nitrogen and oxygen atoms in total. The number of benzene rings is 1. The standard InChI is InChI=1S/C21H27N3O2S/c1-15-6-3-4-12-24(15)14-17-8-10-18(11-9-17)23-20(25)16(2)22-21(26)19-7-5-13-27-19/h5,7-11,13,15-16H,3-4,6,12,14H2,1-2H3,(H,22,26)(H,23,25)/t15-,16-/m1/s1. The summed E-state index contributed by atoms with van der Waals surface area (Å²) in [4.78, 5) is 27.5. The highest BCUT2D eigenvalue weighted by molar-refractivity contribution is 7.12. The van der Waals surface area contributed by atoms with Crippen molar-refractivity contribution >= 4 is 28.8 Å². The Bertz CT molecular complexity index is 758. The number of amides is 2. The van der Waals surface area contributed by atoms with Crippen molar-refractivity contribution in [2.24, 2.45) is 0 Å². The zero-order valence-corrected chi connectivity index (χ0v) is 16.7. The van der Waals surface area contributed by atoms with Gasteiger partial charge in [0, 0.05) is 18.3 Å². The molecule has 2 aromatic rings. The highest BCUT2D eigenvalue weighted by atomic mass is 32.1. The van der Waals surface area contributed by atoms with Gasteiger partial charge in [-0.1, -0.05) is 24.6 Å². The number of rotatable bonds is 6. The second kappa shape index (κ2) is 9.15. The van der Waals surface area contributed by atoms with E-state index >= 15 is 0 Å². The first-order chi connectivity index (χ1) is 13.0. The van der Waals surface area contributed by atoms with E-state index in [0.29, 0.717) is 10.9 Å². The van der Waals surface area contributed by atoms with E-state index in [2.05, 4.69) is 34.6 Å². The highest BCUT2D eigenvalue weighted by Crippen LogP contribution is 2.20. The topological polar surface area (TPSA) is 61.4 Å². The lowest BCUT2D eigenvalue weighted by Gasteiger charge is -2.33. The zero-order valence-electron chi connectivity index (χ0n) is 15.9. The van der Waals surface area contributed by atoms with Crippen LogP contribution in [0.2, 0.25) is 0 Å². The largest absolute Gasteiger partial charge is 0.340 e. The van der Waals surface area contributed by atoms with E-state index in [9.17, 15) is 9.59 Å². The van der Waals surface area contributed by atoms with Gasteiger partial charge in [-0.2, -0.15) is 0 Å². The Hall–Kier alpha value is -2.18. The molecule has 2 atom stereocenters. The summed E-state index contributed by atoms with van der Waals surface area (Å²) >= 11 is 1.36. The maximum atomic E-state index is 12.3. The minimum absolute atomic E-state index is 0.223. The van der Waals surface area contributed by atoms with Gasteiger partial charge in [-0.15, -0.1) is 11.3 Å². The Kier molecular flexibility index (Phi) is 6.63. The lowest BCUT2D eigenvalue weighted by molar-refractivity contribution is -0.117. The molecule has 2 heterocycles. The summed E-state index contributed by atoms with van der Waals surface area (Å²) in [5, 5.41) is 7.43. The lowest BCUT2D eigenvalue weighted by Crippen LogP contribution is -2.41. The molecule has 2 amide bonds. The van der Waals surface area contributed by atoms with Crippen LogP contribution in [0, 0.1) is 0 Å². The van der Waals surface area contributed by atoms with E-state index in [4.69, 9.17) is 0 Å². The van der Waals surface area contributed by atoms with Gasteiger partial charge in [0.15, 0.2) is 0 Å². The third-order valence-corrected chi connectivity index (χ3v) is 5.90. The average molecular weight is 386 g/mol. The number of piperidine rings is 1. The van der Waals surface area contributed by atoms with E-state index in [1.807, 2.05) is 23.6 Å². The smallest absolute Gasteiger partial charge is 0.261 e. The molecule has 2 N–H and O–H groups in total. The minimum Gasteiger partial charge on any atom is -0.340 e. The molecule has 144 valence electrons. The van der Waals surface area contributed by atoms with Crippen LogP contribution in [0.4, 0.5) is 5.69 Å². The molecule has 0 spiro atoms. The normalized spacial score (nSPS) is 18.7. The van der Waals surface area contributed by atoms with Crippen LogP contribution in [-0.4, -0.2) is 35.3 Å². The molecule has 1 fully saturated rings. The molecule has 0 unspecified atom stereocenters. The van der Waals surface area contributed by atoms with Crippen LogP contribution in [0.15, 0.2) is 41.8 Å². The average Bonchev–Trinajstić information content (AvgIpc) is 3.20. The number of carbonyl (C=O) groups is 2. The Morgan fingerprint density at radius 1 is 1.22 bits per heavy atom. The molecule has 1 saturated heterocycles. The first-order valence-electron chi connectivity index (χ1n) is 9.51. The first kappa shape index (κ1) is 19.6. The van der Waals surface area contributed by atoms with Crippen LogP contribution in [-0.2, 0) is 11.3 Å². The fourth-order valence-electron chi connectivity index (χ4n) is 3.31. The van der Waals surface area contributed by atoms with Crippen molar-refractivity contribution in [2.45, 2.75) is 51.7 Å². The molecule has 3 rings (SSSR count). The number of anilines is 1. The minimum atomic E-state index is -0.603. The molecular formula is C21H27N3O2S. The van der Waals surface area contributed by atoms with Crippen molar-refractivity contribution in [2.75, 3.05) is 11.9 Å². The fraction of sp³-hybridized carbons (Fsp3) is 0.429. The quantitative estimate of drug-likeness (QED) is 0.793. The monoisotopic (exact) mass is 385 g/mol. The van der Waals surface area contributed by atoms with Gasteiger partial charge in [0.2, 0.25) is 5.91 Å². The van der Waals surface area contributed by atoms with E-state index in [1.165, 1.54) is 36.2 Å². The van der Waals surface area contributed by atoms with E-state index in [1.54, 1.807) is 13.0 Å². The van der Waals surface area contributed by atoms with Crippen molar-refractivity contribution in [1.82, 2.24) is 10.2 Å². The summed E-state index contributed by atoms with van der Waals surface area (Å²) < 4.78 is 0. The summed E-state index contributed by atoms with van der Waals surface area (Å²) in [6, 6.07) is 11.6. The molecule has 1 aromatic carbocycles. The predicted molar refractivity (Wildman–Crippen MR) is 110 cm³/mol. The first-order valence-corrected chi connectivity index (χ1v) is 10.4. The second-order valence-electron chi connectivity index (χ2n) is 7.17. The number of hydrogen-bond acceptors (Lipinski definition) is 4. The molecule has 27 heavy (non-hydrogen) atoms. The van der Waals surface area contributed by atoms with Crippen LogP contribution in [0.5, 0.6) is 0 Å². The molecule has 0 bridgehead atoms. The molecule has 1 aliphatic rings. The number of thiophene rings is 1. The van der Waals surface area contributed by atoms with Gasteiger partial charge < -0.3 is 10.6 Å². The molecule has 1 aliphatic heterocycles. The van der Waals surface area contributed by atoms with Crippen LogP contribution in [0.25, 0.3) is 0 Å². The van der Waals surface area contributed by atoms with Gasteiger partial charge in [0.05, 0.1) is 4.88 Å². The Labute approximate surface area is 164 Å². The molecule has 6 heteroatoms.